The van der Waals surface area contributed by atoms with Crippen molar-refractivity contribution in [3.8, 4) is 0 Å². The second-order valence-corrected chi connectivity index (χ2v) is 3.49. The Morgan fingerprint density at radius 1 is 1.50 bits per heavy atom. The molecule has 0 saturated heterocycles. The van der Waals surface area contributed by atoms with Gasteiger partial charge in [-0.1, -0.05) is 6.07 Å². The summed E-state index contributed by atoms with van der Waals surface area (Å²) in [6, 6.07) is 5.24. The summed E-state index contributed by atoms with van der Waals surface area (Å²) < 4.78 is 0. The first-order valence-electron chi connectivity index (χ1n) is 4.80. The van der Waals surface area contributed by atoms with Crippen molar-refractivity contribution in [1.82, 2.24) is 10.3 Å². The molecule has 1 aromatic rings. The van der Waals surface area contributed by atoms with E-state index in [4.69, 9.17) is 0 Å². The third kappa shape index (κ3) is 2.73. The van der Waals surface area contributed by atoms with Crippen molar-refractivity contribution in [3.05, 3.63) is 24.4 Å². The Labute approximate surface area is 82.7 Å². The molecule has 2 N–H and O–H groups in total. The number of nitrogens with one attached hydrogen (secondary N) is 2. The molecule has 0 spiro atoms. The monoisotopic (exact) mass is 191 g/mol. The molecular formula is C10H13N3O. The van der Waals surface area contributed by atoms with E-state index in [2.05, 4.69) is 15.6 Å². The molecular weight excluding hydrogens is 178 g/mol. The topological polar surface area (TPSA) is 54.0 Å². The van der Waals surface area contributed by atoms with Gasteiger partial charge in [0.1, 0.15) is 5.82 Å². The highest BCUT2D eigenvalue weighted by Gasteiger charge is 2.21. The maximum Gasteiger partial charge on any atom is 0.320 e. The lowest BCUT2D eigenvalue weighted by molar-refractivity contribution is 0.251. The normalized spacial score (nSPS) is 14.9. The summed E-state index contributed by atoms with van der Waals surface area (Å²) in [5.41, 5.74) is 0. The van der Waals surface area contributed by atoms with E-state index in [1.807, 2.05) is 12.1 Å². The first-order chi connectivity index (χ1) is 6.84. The Morgan fingerprint density at radius 2 is 2.36 bits per heavy atom. The molecule has 1 aliphatic rings. The van der Waals surface area contributed by atoms with Gasteiger partial charge in [0, 0.05) is 12.7 Å². The summed E-state index contributed by atoms with van der Waals surface area (Å²) in [5, 5.41) is 5.47. The van der Waals surface area contributed by atoms with Crippen LogP contribution in [0.1, 0.15) is 12.8 Å². The second-order valence-electron chi connectivity index (χ2n) is 3.49. The number of urea groups is 1. The van der Waals surface area contributed by atoms with Crippen molar-refractivity contribution in [3.63, 3.8) is 0 Å². The summed E-state index contributed by atoms with van der Waals surface area (Å²) >= 11 is 0. The van der Waals surface area contributed by atoms with Gasteiger partial charge in [-0.25, -0.2) is 9.78 Å². The van der Waals surface area contributed by atoms with Crippen LogP contribution in [0, 0.1) is 5.92 Å². The van der Waals surface area contributed by atoms with Crippen molar-refractivity contribution >= 4 is 11.8 Å². The standard InChI is InChI=1S/C10H13N3O/c14-10(12-7-8-4-5-8)13-9-3-1-2-6-11-9/h1-3,6,8H,4-5,7H2,(H2,11,12,13,14). The SMILES string of the molecule is O=C(NCC1CC1)Nc1ccccn1. The molecule has 0 bridgehead atoms. The van der Waals surface area contributed by atoms with Crippen LogP contribution in [0.5, 0.6) is 0 Å². The van der Waals surface area contributed by atoms with Gasteiger partial charge < -0.3 is 5.32 Å². The molecule has 1 heterocycles. The minimum atomic E-state index is -0.171. The Morgan fingerprint density at radius 3 is 3.00 bits per heavy atom. The summed E-state index contributed by atoms with van der Waals surface area (Å²) in [5.74, 6) is 1.28. The molecule has 4 nitrogen and oxygen atoms in total. The van der Waals surface area contributed by atoms with Gasteiger partial charge in [-0.05, 0) is 30.9 Å². The third-order valence-corrected chi connectivity index (χ3v) is 2.15. The third-order valence-electron chi connectivity index (χ3n) is 2.15. The number of carbonyl (C=O) groups excluding carboxylic acids is 1. The largest absolute Gasteiger partial charge is 0.338 e. The zero-order valence-electron chi connectivity index (χ0n) is 7.86. The number of pyridine rings is 1. The molecule has 1 saturated carbocycles. The fourth-order valence-electron chi connectivity index (χ4n) is 1.16. The number of amides is 2. The lowest BCUT2D eigenvalue weighted by atomic mass is 10.4. The van der Waals surface area contributed by atoms with E-state index in [1.54, 1.807) is 12.3 Å². The number of aromatic nitrogens is 1. The van der Waals surface area contributed by atoms with Gasteiger partial charge in [0.15, 0.2) is 0 Å². The number of nitrogens with zero attached hydrogens (tertiary/aromatic N) is 1. The van der Waals surface area contributed by atoms with Crippen LogP contribution in [-0.2, 0) is 0 Å². The van der Waals surface area contributed by atoms with E-state index < -0.39 is 0 Å². The molecule has 0 unspecified atom stereocenters. The van der Waals surface area contributed by atoms with Gasteiger partial charge in [-0.3, -0.25) is 5.32 Å². The summed E-state index contributed by atoms with van der Waals surface area (Å²) in [4.78, 5) is 15.3. The lowest BCUT2D eigenvalue weighted by Crippen LogP contribution is -2.30. The van der Waals surface area contributed by atoms with E-state index in [1.165, 1.54) is 12.8 Å². The number of rotatable bonds is 3. The number of hydrogen-bond acceptors (Lipinski definition) is 2. The second kappa shape index (κ2) is 4.09. The van der Waals surface area contributed by atoms with Crippen molar-refractivity contribution in [2.75, 3.05) is 11.9 Å². The van der Waals surface area contributed by atoms with Crippen molar-refractivity contribution in [2.24, 2.45) is 5.92 Å². The van der Waals surface area contributed by atoms with Crippen LogP contribution in [0.25, 0.3) is 0 Å². The molecule has 1 aliphatic carbocycles. The van der Waals surface area contributed by atoms with Crippen molar-refractivity contribution in [1.29, 1.82) is 0 Å². The van der Waals surface area contributed by atoms with Crippen LogP contribution in [-0.4, -0.2) is 17.6 Å². The van der Waals surface area contributed by atoms with E-state index in [9.17, 15) is 4.79 Å². The highest BCUT2D eigenvalue weighted by molar-refractivity contribution is 5.88. The van der Waals surface area contributed by atoms with E-state index >= 15 is 0 Å². The predicted octanol–water partition coefficient (Wildman–Crippen LogP) is 1.61. The highest BCUT2D eigenvalue weighted by Crippen LogP contribution is 2.27. The van der Waals surface area contributed by atoms with Gasteiger partial charge in [-0.2, -0.15) is 0 Å². The molecule has 1 fully saturated rings. The Bertz CT molecular complexity index is 308. The summed E-state index contributed by atoms with van der Waals surface area (Å²) in [7, 11) is 0. The van der Waals surface area contributed by atoms with E-state index in [0.717, 1.165) is 6.54 Å². The van der Waals surface area contributed by atoms with Crippen molar-refractivity contribution in [2.45, 2.75) is 12.8 Å². The molecule has 2 rings (SSSR count). The van der Waals surface area contributed by atoms with E-state index in [-0.39, 0.29) is 6.03 Å². The molecule has 14 heavy (non-hydrogen) atoms. The zero-order valence-corrected chi connectivity index (χ0v) is 7.86. The van der Waals surface area contributed by atoms with Gasteiger partial charge in [0.25, 0.3) is 0 Å². The molecule has 0 atom stereocenters. The molecule has 2 amide bonds. The van der Waals surface area contributed by atoms with Gasteiger partial charge in [0.2, 0.25) is 0 Å². The average Bonchev–Trinajstić information content (AvgIpc) is 3.00. The minimum absolute atomic E-state index is 0.171. The number of anilines is 1. The fourth-order valence-corrected chi connectivity index (χ4v) is 1.16. The minimum Gasteiger partial charge on any atom is -0.338 e. The average molecular weight is 191 g/mol. The van der Waals surface area contributed by atoms with Crippen LogP contribution < -0.4 is 10.6 Å². The van der Waals surface area contributed by atoms with Crippen LogP contribution >= 0.6 is 0 Å². The quantitative estimate of drug-likeness (QED) is 0.762. The molecule has 1 aromatic heterocycles. The summed E-state index contributed by atoms with van der Waals surface area (Å²) in [6.07, 6.45) is 4.13. The molecule has 0 radical (unpaired) electrons. The summed E-state index contributed by atoms with van der Waals surface area (Å²) in [6.45, 7) is 0.776. The Kier molecular flexibility index (Phi) is 2.62. The lowest BCUT2D eigenvalue weighted by Gasteiger charge is -2.05. The number of hydrogen-bond donors (Lipinski definition) is 2. The van der Waals surface area contributed by atoms with E-state index in [0.29, 0.717) is 11.7 Å². The van der Waals surface area contributed by atoms with Gasteiger partial charge in [0.05, 0.1) is 0 Å². The molecule has 74 valence electrons. The number of carbonyl (C=O) groups is 1. The first-order valence-corrected chi connectivity index (χ1v) is 4.80. The molecule has 0 aromatic carbocycles. The van der Waals surface area contributed by atoms with Crippen molar-refractivity contribution < 1.29 is 4.79 Å². The van der Waals surface area contributed by atoms with Gasteiger partial charge >= 0.3 is 6.03 Å². The Balaban J connectivity index is 1.76. The molecule has 0 aliphatic heterocycles. The van der Waals surface area contributed by atoms with Crippen LogP contribution in [0.4, 0.5) is 10.6 Å². The smallest absolute Gasteiger partial charge is 0.320 e. The maximum atomic E-state index is 11.3. The molecule has 4 heteroatoms. The maximum absolute atomic E-state index is 11.3. The van der Waals surface area contributed by atoms with Gasteiger partial charge in [-0.15, -0.1) is 0 Å². The Hall–Kier alpha value is -1.58. The predicted molar refractivity (Wildman–Crippen MR) is 54.0 cm³/mol. The van der Waals surface area contributed by atoms with Crippen LogP contribution in [0.3, 0.4) is 0 Å². The zero-order chi connectivity index (χ0) is 9.80. The highest BCUT2D eigenvalue weighted by atomic mass is 16.2. The first kappa shape index (κ1) is 8.99. The van der Waals surface area contributed by atoms with Crippen LogP contribution in [0.2, 0.25) is 0 Å². The fraction of sp³-hybridized carbons (Fsp3) is 0.400. The van der Waals surface area contributed by atoms with Crippen LogP contribution in [0.15, 0.2) is 24.4 Å².